The van der Waals surface area contributed by atoms with Crippen LogP contribution in [-0.2, 0) is 6.42 Å². The molecule has 0 aliphatic rings. The molecule has 1 aromatic heterocycles. The highest BCUT2D eigenvalue weighted by molar-refractivity contribution is 5.55. The van der Waals surface area contributed by atoms with Gasteiger partial charge in [0.15, 0.2) is 0 Å². The molecule has 1 heterocycles. The second-order valence-corrected chi connectivity index (χ2v) is 5.52. The van der Waals surface area contributed by atoms with Crippen LogP contribution < -0.4 is 0 Å². The Morgan fingerprint density at radius 2 is 2.05 bits per heavy atom. The summed E-state index contributed by atoms with van der Waals surface area (Å²) in [4.78, 5) is 4.21. The second kappa shape index (κ2) is 6.13. The van der Waals surface area contributed by atoms with Crippen molar-refractivity contribution < 1.29 is 14.0 Å². The number of nitrogens with zero attached hydrogens (tertiary/aromatic N) is 2. The number of hydrogen-bond acceptors (Lipinski definition) is 4. The van der Waals surface area contributed by atoms with Crippen molar-refractivity contribution in [3.05, 3.63) is 35.5 Å². The van der Waals surface area contributed by atoms with Crippen molar-refractivity contribution in [2.75, 3.05) is 0 Å². The molecular weight excluding hydrogens is 259 g/mol. The Balaban J connectivity index is 2.12. The van der Waals surface area contributed by atoms with Gasteiger partial charge >= 0.3 is 0 Å². The molecule has 2 aromatic rings. The average Bonchev–Trinajstić information content (AvgIpc) is 2.74. The standard InChI is InChI=1S/C15H19FN2O2/c1-9(2)4-13(19)8-14-17-15(18-20-14)11-5-10(3)6-12(16)7-11/h5-7,9,13,19H,4,8H2,1-3H3. The van der Waals surface area contributed by atoms with Crippen LogP contribution in [0.1, 0.15) is 31.7 Å². The van der Waals surface area contributed by atoms with Crippen molar-refractivity contribution in [3.8, 4) is 11.4 Å². The van der Waals surface area contributed by atoms with Gasteiger partial charge in [-0.3, -0.25) is 0 Å². The van der Waals surface area contributed by atoms with Gasteiger partial charge in [-0.15, -0.1) is 0 Å². The van der Waals surface area contributed by atoms with Gasteiger partial charge in [0.05, 0.1) is 12.5 Å². The summed E-state index contributed by atoms with van der Waals surface area (Å²) < 4.78 is 18.5. The zero-order valence-electron chi connectivity index (χ0n) is 11.9. The fourth-order valence-corrected chi connectivity index (χ4v) is 2.15. The Hall–Kier alpha value is -1.75. The first-order valence-corrected chi connectivity index (χ1v) is 6.72. The van der Waals surface area contributed by atoms with Crippen LogP contribution in [0.3, 0.4) is 0 Å². The highest BCUT2D eigenvalue weighted by Crippen LogP contribution is 2.20. The fraction of sp³-hybridized carbons (Fsp3) is 0.467. The van der Waals surface area contributed by atoms with Crippen LogP contribution >= 0.6 is 0 Å². The number of benzene rings is 1. The molecule has 0 amide bonds. The van der Waals surface area contributed by atoms with E-state index in [9.17, 15) is 9.50 Å². The molecule has 20 heavy (non-hydrogen) atoms. The predicted molar refractivity (Wildman–Crippen MR) is 73.6 cm³/mol. The lowest BCUT2D eigenvalue weighted by molar-refractivity contribution is 0.138. The van der Waals surface area contributed by atoms with Crippen molar-refractivity contribution in [1.29, 1.82) is 0 Å². The highest BCUT2D eigenvalue weighted by atomic mass is 19.1. The van der Waals surface area contributed by atoms with Crippen molar-refractivity contribution in [3.63, 3.8) is 0 Å². The topological polar surface area (TPSA) is 59.2 Å². The van der Waals surface area contributed by atoms with E-state index >= 15 is 0 Å². The van der Waals surface area contributed by atoms with Gasteiger partial charge in [-0.2, -0.15) is 4.98 Å². The molecule has 0 aliphatic heterocycles. The molecule has 0 saturated heterocycles. The minimum atomic E-state index is -0.502. The molecule has 0 fully saturated rings. The molecule has 4 nitrogen and oxygen atoms in total. The zero-order valence-corrected chi connectivity index (χ0v) is 11.9. The average molecular weight is 278 g/mol. The van der Waals surface area contributed by atoms with Gasteiger partial charge in [0.25, 0.3) is 0 Å². The first-order chi connectivity index (χ1) is 9.44. The third kappa shape index (κ3) is 3.87. The summed E-state index contributed by atoms with van der Waals surface area (Å²) >= 11 is 0. The summed E-state index contributed by atoms with van der Waals surface area (Å²) in [6, 6.07) is 4.60. The zero-order chi connectivity index (χ0) is 14.7. The Bertz CT molecular complexity index is 561. The molecule has 1 aromatic carbocycles. The van der Waals surface area contributed by atoms with Crippen LogP contribution in [0.15, 0.2) is 22.7 Å². The number of hydrogen-bond donors (Lipinski definition) is 1. The van der Waals surface area contributed by atoms with E-state index in [4.69, 9.17) is 4.52 Å². The summed E-state index contributed by atoms with van der Waals surface area (Å²) in [5.41, 5.74) is 1.38. The first kappa shape index (κ1) is 14.7. The smallest absolute Gasteiger partial charge is 0.229 e. The number of aliphatic hydroxyl groups excluding tert-OH is 1. The minimum Gasteiger partial charge on any atom is -0.393 e. The van der Waals surface area contributed by atoms with Crippen LogP contribution in [0.5, 0.6) is 0 Å². The van der Waals surface area contributed by atoms with Crippen molar-refractivity contribution >= 4 is 0 Å². The summed E-state index contributed by atoms with van der Waals surface area (Å²) in [6.07, 6.45) is 0.494. The van der Waals surface area contributed by atoms with Gasteiger partial charge in [0.2, 0.25) is 11.7 Å². The van der Waals surface area contributed by atoms with Crippen LogP contribution in [0.4, 0.5) is 4.39 Å². The molecule has 0 aliphatic carbocycles. The third-order valence-corrected chi connectivity index (χ3v) is 2.92. The number of aromatic nitrogens is 2. The maximum absolute atomic E-state index is 13.3. The van der Waals surface area contributed by atoms with Crippen LogP contribution in [0.2, 0.25) is 0 Å². The predicted octanol–water partition coefficient (Wildman–Crippen LogP) is 3.13. The van der Waals surface area contributed by atoms with E-state index in [1.165, 1.54) is 12.1 Å². The van der Waals surface area contributed by atoms with E-state index in [1.807, 2.05) is 13.8 Å². The Labute approximate surface area is 117 Å². The van der Waals surface area contributed by atoms with Crippen molar-refractivity contribution in [1.82, 2.24) is 10.1 Å². The Kier molecular flexibility index (Phi) is 4.49. The van der Waals surface area contributed by atoms with E-state index in [0.717, 1.165) is 5.56 Å². The summed E-state index contributed by atoms with van der Waals surface area (Å²) in [5, 5.41) is 13.7. The summed E-state index contributed by atoms with van der Waals surface area (Å²) in [6.45, 7) is 5.88. The van der Waals surface area contributed by atoms with E-state index in [0.29, 0.717) is 36.0 Å². The minimum absolute atomic E-state index is 0.319. The summed E-state index contributed by atoms with van der Waals surface area (Å²) in [5.74, 6) is 0.791. The van der Waals surface area contributed by atoms with Gasteiger partial charge in [0.1, 0.15) is 5.82 Å². The number of halogens is 1. The van der Waals surface area contributed by atoms with Gasteiger partial charge in [-0.25, -0.2) is 4.39 Å². The molecule has 0 bridgehead atoms. The summed E-state index contributed by atoms with van der Waals surface area (Å²) in [7, 11) is 0. The maximum atomic E-state index is 13.3. The number of rotatable bonds is 5. The number of aryl methyl sites for hydroxylation is 1. The van der Waals surface area contributed by atoms with Gasteiger partial charge in [-0.1, -0.05) is 19.0 Å². The van der Waals surface area contributed by atoms with E-state index < -0.39 is 6.10 Å². The monoisotopic (exact) mass is 278 g/mol. The lowest BCUT2D eigenvalue weighted by Crippen LogP contribution is -2.13. The molecule has 0 radical (unpaired) electrons. The van der Waals surface area contributed by atoms with E-state index in [2.05, 4.69) is 10.1 Å². The van der Waals surface area contributed by atoms with Gasteiger partial charge in [0, 0.05) is 5.56 Å². The van der Waals surface area contributed by atoms with Crippen LogP contribution in [-0.4, -0.2) is 21.4 Å². The lowest BCUT2D eigenvalue weighted by Gasteiger charge is -2.09. The van der Waals surface area contributed by atoms with E-state index in [-0.39, 0.29) is 5.82 Å². The highest BCUT2D eigenvalue weighted by Gasteiger charge is 2.15. The maximum Gasteiger partial charge on any atom is 0.229 e. The third-order valence-electron chi connectivity index (χ3n) is 2.92. The molecule has 1 atom stereocenters. The molecule has 5 heteroatoms. The SMILES string of the molecule is Cc1cc(F)cc(-c2noc(CC(O)CC(C)C)n2)c1. The quantitative estimate of drug-likeness (QED) is 0.912. The number of aliphatic hydroxyl groups is 1. The van der Waals surface area contributed by atoms with Crippen molar-refractivity contribution in [2.24, 2.45) is 5.92 Å². The Morgan fingerprint density at radius 1 is 1.30 bits per heavy atom. The van der Waals surface area contributed by atoms with E-state index in [1.54, 1.807) is 13.0 Å². The molecular formula is C15H19FN2O2. The normalized spacial score (nSPS) is 12.9. The molecule has 1 unspecified atom stereocenters. The van der Waals surface area contributed by atoms with Gasteiger partial charge < -0.3 is 9.63 Å². The van der Waals surface area contributed by atoms with Crippen molar-refractivity contribution in [2.45, 2.75) is 39.7 Å². The lowest BCUT2D eigenvalue weighted by atomic mass is 10.0. The largest absolute Gasteiger partial charge is 0.393 e. The molecule has 0 saturated carbocycles. The van der Waals surface area contributed by atoms with Gasteiger partial charge in [-0.05, 0) is 43.0 Å². The fourth-order valence-electron chi connectivity index (χ4n) is 2.15. The Morgan fingerprint density at radius 3 is 2.70 bits per heavy atom. The molecule has 108 valence electrons. The van der Waals surface area contributed by atoms with Crippen LogP contribution in [0.25, 0.3) is 11.4 Å². The van der Waals surface area contributed by atoms with Crippen LogP contribution in [0, 0.1) is 18.7 Å². The first-order valence-electron chi connectivity index (χ1n) is 6.72. The molecule has 2 rings (SSSR count). The molecule has 0 spiro atoms. The molecule has 1 N–H and O–H groups in total. The second-order valence-electron chi connectivity index (χ2n) is 5.52.